The van der Waals surface area contributed by atoms with E-state index < -0.39 is 0 Å². The molecule has 0 aliphatic carbocycles. The molecule has 0 atom stereocenters. The number of nitrogens with two attached hydrogens (primary N) is 1. The molecule has 6 heteroatoms. The molecule has 0 bridgehead atoms. The smallest absolute Gasteiger partial charge is 0.188 e. The monoisotopic (exact) mass is 224 g/mol. The summed E-state index contributed by atoms with van der Waals surface area (Å²) in [5.41, 5.74) is 6.65. The van der Waals surface area contributed by atoms with Gasteiger partial charge in [-0.15, -0.1) is 0 Å². The van der Waals surface area contributed by atoms with E-state index in [1.54, 1.807) is 13.0 Å². The zero-order valence-corrected chi connectivity index (χ0v) is 8.81. The van der Waals surface area contributed by atoms with Gasteiger partial charge in [-0.05, 0) is 36.4 Å². The van der Waals surface area contributed by atoms with Crippen molar-refractivity contribution in [3.05, 3.63) is 29.8 Å². The van der Waals surface area contributed by atoms with E-state index in [9.17, 15) is 4.39 Å². The Labute approximate surface area is 90.1 Å². The maximum Gasteiger partial charge on any atom is 0.188 e. The fraction of sp³-hybridized carbons (Fsp3) is 0.111. The van der Waals surface area contributed by atoms with Crippen molar-refractivity contribution < 1.29 is 4.39 Å². The summed E-state index contributed by atoms with van der Waals surface area (Å²) < 4.78 is 13.1. The van der Waals surface area contributed by atoms with Crippen LogP contribution in [0.15, 0.2) is 28.5 Å². The zero-order valence-electron chi connectivity index (χ0n) is 7.99. The van der Waals surface area contributed by atoms with E-state index in [2.05, 4.69) is 15.2 Å². The van der Waals surface area contributed by atoms with Gasteiger partial charge >= 0.3 is 0 Å². The van der Waals surface area contributed by atoms with Crippen LogP contribution in [0.5, 0.6) is 0 Å². The predicted octanol–water partition coefficient (Wildman–Crippen LogP) is 1.99. The minimum absolute atomic E-state index is 0.297. The number of nitrogens with zero attached hydrogens (tertiary/aromatic N) is 2. The van der Waals surface area contributed by atoms with Crippen LogP contribution in [0.1, 0.15) is 5.56 Å². The van der Waals surface area contributed by atoms with Crippen LogP contribution in [0.4, 0.5) is 10.1 Å². The molecule has 0 amide bonds. The molecule has 0 unspecified atom stereocenters. The summed E-state index contributed by atoms with van der Waals surface area (Å²) in [4.78, 5) is 4.72. The van der Waals surface area contributed by atoms with E-state index in [-0.39, 0.29) is 5.82 Å². The highest BCUT2D eigenvalue weighted by molar-refractivity contribution is 7.99. The van der Waals surface area contributed by atoms with Crippen molar-refractivity contribution in [1.82, 2.24) is 15.2 Å². The molecule has 1 aromatic heterocycles. The van der Waals surface area contributed by atoms with Crippen LogP contribution in [0, 0.1) is 12.7 Å². The number of aromatic amines is 1. The molecule has 0 fully saturated rings. The van der Waals surface area contributed by atoms with Crippen LogP contribution in [0.25, 0.3) is 0 Å². The molecule has 0 radical (unpaired) electrons. The summed E-state index contributed by atoms with van der Waals surface area (Å²) in [5, 5.41) is 7.05. The summed E-state index contributed by atoms with van der Waals surface area (Å²) in [5.74, 6) is -0.297. The Bertz CT molecular complexity index is 469. The second-order valence-electron chi connectivity index (χ2n) is 3.03. The van der Waals surface area contributed by atoms with Gasteiger partial charge in [0.15, 0.2) is 5.16 Å². The molecule has 15 heavy (non-hydrogen) atoms. The Kier molecular flexibility index (Phi) is 2.59. The Hall–Kier alpha value is -1.56. The number of aromatic nitrogens is 3. The van der Waals surface area contributed by atoms with E-state index >= 15 is 0 Å². The van der Waals surface area contributed by atoms with Crippen LogP contribution in [0.2, 0.25) is 0 Å². The van der Waals surface area contributed by atoms with Gasteiger partial charge in [0.25, 0.3) is 0 Å². The number of nitrogens with one attached hydrogen (secondary N) is 1. The summed E-state index contributed by atoms with van der Waals surface area (Å²) >= 11 is 1.32. The van der Waals surface area contributed by atoms with Gasteiger partial charge in [-0.1, -0.05) is 0 Å². The van der Waals surface area contributed by atoms with E-state index in [0.717, 1.165) is 4.90 Å². The van der Waals surface area contributed by atoms with E-state index in [1.165, 1.54) is 24.2 Å². The van der Waals surface area contributed by atoms with E-state index in [1.807, 2.05) is 0 Å². The van der Waals surface area contributed by atoms with Crippen LogP contribution in [-0.2, 0) is 0 Å². The van der Waals surface area contributed by atoms with Gasteiger partial charge in [0.05, 0.1) is 0 Å². The van der Waals surface area contributed by atoms with Crippen LogP contribution < -0.4 is 5.73 Å². The zero-order chi connectivity index (χ0) is 10.8. The second kappa shape index (κ2) is 3.90. The highest BCUT2D eigenvalue weighted by atomic mass is 32.2. The van der Waals surface area contributed by atoms with Crippen molar-refractivity contribution in [1.29, 1.82) is 0 Å². The number of aryl methyl sites for hydroxylation is 1. The molecular weight excluding hydrogens is 215 g/mol. The minimum atomic E-state index is -0.297. The van der Waals surface area contributed by atoms with Crippen molar-refractivity contribution in [3.8, 4) is 0 Å². The second-order valence-corrected chi connectivity index (χ2v) is 4.06. The van der Waals surface area contributed by atoms with Crippen LogP contribution in [0.3, 0.4) is 0 Å². The largest absolute Gasteiger partial charge is 0.398 e. The third-order valence-electron chi connectivity index (χ3n) is 1.89. The summed E-state index contributed by atoms with van der Waals surface area (Å²) in [6.07, 6.45) is 1.41. The number of nitrogen functional groups attached to an aromatic ring is 1. The van der Waals surface area contributed by atoms with Gasteiger partial charge in [-0.2, -0.15) is 5.10 Å². The Morgan fingerprint density at radius 2 is 2.27 bits per heavy atom. The maximum absolute atomic E-state index is 13.1. The van der Waals surface area contributed by atoms with Gasteiger partial charge in [-0.3, -0.25) is 5.10 Å². The topological polar surface area (TPSA) is 67.6 Å². The third-order valence-corrected chi connectivity index (χ3v) is 2.85. The Balaban J connectivity index is 2.33. The van der Waals surface area contributed by atoms with Crippen molar-refractivity contribution in [2.24, 2.45) is 0 Å². The molecule has 2 rings (SSSR count). The number of anilines is 1. The van der Waals surface area contributed by atoms with E-state index in [4.69, 9.17) is 5.73 Å². The highest BCUT2D eigenvalue weighted by Gasteiger charge is 2.07. The average molecular weight is 224 g/mol. The van der Waals surface area contributed by atoms with Crippen molar-refractivity contribution >= 4 is 17.4 Å². The van der Waals surface area contributed by atoms with Crippen molar-refractivity contribution in [2.45, 2.75) is 17.0 Å². The minimum Gasteiger partial charge on any atom is -0.398 e. The lowest BCUT2D eigenvalue weighted by Crippen LogP contribution is -1.93. The predicted molar refractivity (Wildman–Crippen MR) is 56.1 cm³/mol. The average Bonchev–Trinajstić information content (AvgIpc) is 2.67. The van der Waals surface area contributed by atoms with Crippen molar-refractivity contribution in [2.75, 3.05) is 5.73 Å². The first-order chi connectivity index (χ1) is 7.16. The molecule has 3 N–H and O–H groups in total. The van der Waals surface area contributed by atoms with Gasteiger partial charge in [-0.25, -0.2) is 9.37 Å². The first-order valence-corrected chi connectivity index (χ1v) is 5.07. The van der Waals surface area contributed by atoms with Gasteiger partial charge < -0.3 is 5.73 Å². The first kappa shape index (κ1) is 9.97. The van der Waals surface area contributed by atoms with Gasteiger partial charge in [0.1, 0.15) is 12.1 Å². The molecule has 0 spiro atoms. The molecule has 0 saturated carbocycles. The molecule has 2 aromatic rings. The Morgan fingerprint density at radius 3 is 2.93 bits per heavy atom. The normalized spacial score (nSPS) is 10.5. The molecule has 1 heterocycles. The van der Waals surface area contributed by atoms with Gasteiger partial charge in [0, 0.05) is 10.6 Å². The highest BCUT2D eigenvalue weighted by Crippen LogP contribution is 2.31. The molecule has 1 aromatic carbocycles. The number of hydrogen-bond acceptors (Lipinski definition) is 4. The van der Waals surface area contributed by atoms with Crippen LogP contribution in [-0.4, -0.2) is 15.2 Å². The number of halogens is 1. The molecule has 0 aliphatic rings. The molecule has 0 saturated heterocycles. The quantitative estimate of drug-likeness (QED) is 0.765. The summed E-state index contributed by atoms with van der Waals surface area (Å²) in [7, 11) is 0. The molecule has 0 aliphatic heterocycles. The van der Waals surface area contributed by atoms with E-state index in [0.29, 0.717) is 16.4 Å². The lowest BCUT2D eigenvalue weighted by atomic mass is 10.2. The Morgan fingerprint density at radius 1 is 1.47 bits per heavy atom. The SMILES string of the molecule is Cc1cc(Sc2ncn[nH]2)c(N)cc1F. The number of benzene rings is 1. The number of H-pyrrole nitrogens is 1. The molecule has 4 nitrogen and oxygen atoms in total. The number of rotatable bonds is 2. The van der Waals surface area contributed by atoms with Crippen molar-refractivity contribution in [3.63, 3.8) is 0 Å². The standard InChI is InChI=1S/C9H9FN4S/c1-5-2-8(7(11)3-6(5)10)15-9-12-4-13-14-9/h2-4H,11H2,1H3,(H,12,13,14). The fourth-order valence-electron chi connectivity index (χ4n) is 1.11. The third kappa shape index (κ3) is 2.10. The maximum atomic E-state index is 13.1. The number of hydrogen-bond donors (Lipinski definition) is 2. The summed E-state index contributed by atoms with van der Waals surface area (Å²) in [6.45, 7) is 1.69. The first-order valence-electron chi connectivity index (χ1n) is 4.25. The lowest BCUT2D eigenvalue weighted by Gasteiger charge is -2.05. The molecular formula is C9H9FN4S. The molecule has 78 valence electrons. The fourth-order valence-corrected chi connectivity index (χ4v) is 1.93. The lowest BCUT2D eigenvalue weighted by molar-refractivity contribution is 0.618. The summed E-state index contributed by atoms with van der Waals surface area (Å²) in [6, 6.07) is 3.01. The van der Waals surface area contributed by atoms with Crippen LogP contribution >= 0.6 is 11.8 Å². The van der Waals surface area contributed by atoms with Gasteiger partial charge in [0.2, 0.25) is 0 Å².